The molecule has 20 heavy (non-hydrogen) atoms. The summed E-state index contributed by atoms with van der Waals surface area (Å²) in [7, 11) is 0. The lowest BCUT2D eigenvalue weighted by molar-refractivity contribution is 0.962. The molecular formula is C16H20N4. The molecule has 0 amide bonds. The lowest BCUT2D eigenvalue weighted by Crippen LogP contribution is -2.01. The van der Waals surface area contributed by atoms with Crippen LogP contribution in [0.15, 0.2) is 24.5 Å². The van der Waals surface area contributed by atoms with E-state index in [1.54, 1.807) is 6.20 Å². The van der Waals surface area contributed by atoms with Gasteiger partial charge in [-0.1, -0.05) is 18.7 Å². The minimum Gasteiger partial charge on any atom is -0.360 e. The summed E-state index contributed by atoms with van der Waals surface area (Å²) in [5, 5.41) is 0. The molecule has 2 aromatic heterocycles. The number of rotatable bonds is 1. The molecule has 0 aromatic carbocycles. The summed E-state index contributed by atoms with van der Waals surface area (Å²) in [6.07, 6.45) is 3.55. The smallest absolute Gasteiger partial charge is 0.272 e. The van der Waals surface area contributed by atoms with Crippen LogP contribution in [0, 0.1) is 34.3 Å². The van der Waals surface area contributed by atoms with Crippen LogP contribution in [0.4, 0.5) is 5.82 Å². The van der Waals surface area contributed by atoms with Gasteiger partial charge < -0.3 is 10.6 Å². The van der Waals surface area contributed by atoms with Gasteiger partial charge in [-0.25, -0.2) is 0 Å². The summed E-state index contributed by atoms with van der Waals surface area (Å²) in [4.78, 5) is 11.4. The molecule has 2 rings (SSSR count). The maximum Gasteiger partial charge on any atom is 0.272 e. The van der Waals surface area contributed by atoms with Gasteiger partial charge in [0.2, 0.25) is 0 Å². The lowest BCUT2D eigenvalue weighted by Gasteiger charge is -2.00. The van der Waals surface area contributed by atoms with E-state index in [1.807, 2.05) is 40.0 Å². The zero-order valence-corrected chi connectivity index (χ0v) is 12.4. The second-order valence-electron chi connectivity index (χ2n) is 4.75. The van der Waals surface area contributed by atoms with Gasteiger partial charge in [0.15, 0.2) is 0 Å². The highest BCUT2D eigenvalue weighted by molar-refractivity contribution is 5.44. The van der Waals surface area contributed by atoms with Gasteiger partial charge in [-0.3, -0.25) is 4.98 Å². The summed E-state index contributed by atoms with van der Waals surface area (Å²) in [6, 6.07) is 4.05. The Kier molecular flexibility index (Phi) is 5.82. The molecule has 104 valence electrons. The zero-order chi connectivity index (χ0) is 15.1. The van der Waals surface area contributed by atoms with Crippen LogP contribution >= 0.6 is 0 Å². The highest BCUT2D eigenvalue weighted by Gasteiger charge is 1.97. The van der Waals surface area contributed by atoms with Gasteiger partial charge in [0.05, 0.1) is 5.69 Å². The Hall–Kier alpha value is -2.25. The number of aromatic nitrogens is 2. The van der Waals surface area contributed by atoms with E-state index in [1.165, 1.54) is 11.1 Å². The molecule has 4 nitrogen and oxygen atoms in total. The molecule has 0 unspecified atom stereocenters. The third-order valence-corrected chi connectivity index (χ3v) is 2.81. The molecule has 2 heterocycles. The molecule has 2 aromatic rings. The first kappa shape index (κ1) is 15.8. The summed E-state index contributed by atoms with van der Waals surface area (Å²) in [6.45, 7) is 15.2. The summed E-state index contributed by atoms with van der Waals surface area (Å²) in [5.41, 5.74) is 10.9. The van der Waals surface area contributed by atoms with E-state index in [4.69, 9.17) is 12.3 Å². The first-order valence-electron chi connectivity index (χ1n) is 6.40. The van der Waals surface area contributed by atoms with Gasteiger partial charge in [-0.05, 0) is 49.9 Å². The van der Waals surface area contributed by atoms with Crippen molar-refractivity contribution in [2.45, 2.75) is 34.2 Å². The van der Waals surface area contributed by atoms with E-state index < -0.39 is 0 Å². The van der Waals surface area contributed by atoms with E-state index in [9.17, 15) is 0 Å². The maximum absolute atomic E-state index is 6.72. The number of hydrogen-bond donors (Lipinski definition) is 1. The lowest BCUT2D eigenvalue weighted by atomic mass is 10.2. The standard InChI is InChI=1S/C8H8N2.C8H12N2/c1-6-4-7(2)8(9-3)10-5-6;1-6-3-7(2)8(4-9)10-5-6/h4-5H,1-2H3;3,5H,4,9H2,1-2H3. The van der Waals surface area contributed by atoms with Crippen LogP contribution in [-0.4, -0.2) is 9.97 Å². The van der Waals surface area contributed by atoms with Crippen LogP contribution in [0.25, 0.3) is 4.85 Å². The number of nitrogens with two attached hydrogens (primary N) is 1. The van der Waals surface area contributed by atoms with E-state index in [-0.39, 0.29) is 0 Å². The van der Waals surface area contributed by atoms with Gasteiger partial charge >= 0.3 is 0 Å². The van der Waals surface area contributed by atoms with Crippen LogP contribution in [0.5, 0.6) is 0 Å². The van der Waals surface area contributed by atoms with Crippen LogP contribution in [0.3, 0.4) is 0 Å². The summed E-state index contributed by atoms with van der Waals surface area (Å²) in [5.74, 6) is 0.505. The second kappa shape index (κ2) is 7.37. The molecule has 0 radical (unpaired) electrons. The van der Waals surface area contributed by atoms with Crippen molar-refractivity contribution in [2.24, 2.45) is 5.73 Å². The molecule has 0 aliphatic rings. The minimum atomic E-state index is 0.505. The Morgan fingerprint density at radius 1 is 1.00 bits per heavy atom. The van der Waals surface area contributed by atoms with Crippen LogP contribution in [0.1, 0.15) is 27.9 Å². The highest BCUT2D eigenvalue weighted by Crippen LogP contribution is 2.14. The molecule has 0 aliphatic heterocycles. The Morgan fingerprint density at radius 2 is 1.55 bits per heavy atom. The average molecular weight is 268 g/mol. The van der Waals surface area contributed by atoms with Gasteiger partial charge in [0.25, 0.3) is 5.82 Å². The van der Waals surface area contributed by atoms with Crippen molar-refractivity contribution in [2.75, 3.05) is 0 Å². The molecule has 0 fully saturated rings. The predicted octanol–water partition coefficient (Wildman–Crippen LogP) is 3.41. The van der Waals surface area contributed by atoms with Crippen molar-refractivity contribution in [1.82, 2.24) is 9.97 Å². The first-order valence-corrected chi connectivity index (χ1v) is 6.40. The SMILES string of the molecule is Cc1cnc(CN)c(C)c1.[C-]#[N+]c1ncc(C)cc1C. The predicted molar refractivity (Wildman–Crippen MR) is 81.6 cm³/mol. The third kappa shape index (κ3) is 4.45. The fraction of sp³-hybridized carbons (Fsp3) is 0.312. The Morgan fingerprint density at radius 3 is 2.00 bits per heavy atom. The minimum absolute atomic E-state index is 0.505. The monoisotopic (exact) mass is 268 g/mol. The van der Waals surface area contributed by atoms with Gasteiger partial charge in [-0.15, -0.1) is 4.98 Å². The zero-order valence-electron chi connectivity index (χ0n) is 12.4. The number of aryl methyl sites for hydroxylation is 4. The molecule has 0 aliphatic carbocycles. The molecule has 0 atom stereocenters. The molecular weight excluding hydrogens is 248 g/mol. The summed E-state index contributed by atoms with van der Waals surface area (Å²) < 4.78 is 0. The van der Waals surface area contributed by atoms with Crippen molar-refractivity contribution in [3.05, 3.63) is 63.9 Å². The van der Waals surface area contributed by atoms with Gasteiger partial charge in [0, 0.05) is 12.7 Å². The first-order chi connectivity index (χ1) is 9.47. The van der Waals surface area contributed by atoms with Crippen molar-refractivity contribution >= 4 is 5.82 Å². The van der Waals surface area contributed by atoms with E-state index >= 15 is 0 Å². The van der Waals surface area contributed by atoms with E-state index in [0.29, 0.717) is 12.4 Å². The molecule has 0 saturated carbocycles. The molecule has 0 bridgehead atoms. The number of nitrogens with zero attached hydrogens (tertiary/aromatic N) is 3. The molecule has 4 heteroatoms. The second-order valence-corrected chi connectivity index (χ2v) is 4.75. The third-order valence-electron chi connectivity index (χ3n) is 2.81. The topological polar surface area (TPSA) is 56.2 Å². The quantitative estimate of drug-likeness (QED) is 0.806. The fourth-order valence-corrected chi connectivity index (χ4v) is 1.78. The van der Waals surface area contributed by atoms with Crippen molar-refractivity contribution in [1.29, 1.82) is 0 Å². The van der Waals surface area contributed by atoms with Crippen LogP contribution < -0.4 is 5.73 Å². The van der Waals surface area contributed by atoms with Gasteiger partial charge in [0.1, 0.15) is 6.20 Å². The Balaban J connectivity index is 0.000000200. The fourth-order valence-electron chi connectivity index (χ4n) is 1.78. The van der Waals surface area contributed by atoms with Crippen LogP contribution in [0.2, 0.25) is 0 Å². The van der Waals surface area contributed by atoms with E-state index in [2.05, 4.69) is 20.9 Å². The van der Waals surface area contributed by atoms with Crippen molar-refractivity contribution in [3.63, 3.8) is 0 Å². The van der Waals surface area contributed by atoms with Crippen molar-refractivity contribution < 1.29 is 0 Å². The summed E-state index contributed by atoms with van der Waals surface area (Å²) >= 11 is 0. The maximum atomic E-state index is 6.72. The van der Waals surface area contributed by atoms with E-state index in [0.717, 1.165) is 16.8 Å². The molecule has 0 spiro atoms. The highest BCUT2D eigenvalue weighted by atomic mass is 14.9. The number of pyridine rings is 2. The largest absolute Gasteiger partial charge is 0.360 e. The van der Waals surface area contributed by atoms with Crippen molar-refractivity contribution in [3.8, 4) is 0 Å². The van der Waals surface area contributed by atoms with Crippen LogP contribution in [-0.2, 0) is 6.54 Å². The Bertz CT molecular complexity index is 627. The number of hydrogen-bond acceptors (Lipinski definition) is 3. The van der Waals surface area contributed by atoms with Gasteiger partial charge in [-0.2, -0.15) is 0 Å². The Labute approximate surface area is 120 Å². The molecule has 2 N–H and O–H groups in total. The normalized spacial score (nSPS) is 9.40. The molecule has 0 saturated heterocycles. The average Bonchev–Trinajstić information content (AvgIpc) is 2.40.